The van der Waals surface area contributed by atoms with Gasteiger partial charge in [0.25, 0.3) is 0 Å². The standard InChI is InChI=1S/C5H12NO4P.K/c1-11(9,10)3-2-4(6)5(7)8;/h4H,2-3,6H2,1H3,(H,7,8)(H,9,10);/q;+1/p-1/t4-;/m0./s1. The molecule has 0 saturated heterocycles. The number of rotatable bonds is 4. The van der Waals surface area contributed by atoms with E-state index >= 15 is 0 Å². The minimum atomic E-state index is -3.35. The summed E-state index contributed by atoms with van der Waals surface area (Å²) in [4.78, 5) is 20.6. The van der Waals surface area contributed by atoms with Gasteiger partial charge in [-0.2, -0.15) is 0 Å². The fourth-order valence-electron chi connectivity index (χ4n) is 0.497. The van der Waals surface area contributed by atoms with E-state index in [1.54, 1.807) is 0 Å². The molecule has 0 radical (unpaired) electrons. The van der Waals surface area contributed by atoms with Crippen LogP contribution in [-0.2, 0) is 9.36 Å². The van der Waals surface area contributed by atoms with Crippen molar-refractivity contribution in [3.63, 3.8) is 0 Å². The zero-order chi connectivity index (χ0) is 9.07. The maximum Gasteiger partial charge on any atom is 1.00 e. The molecule has 0 aliphatic rings. The van der Waals surface area contributed by atoms with Gasteiger partial charge in [0.05, 0.1) is 0 Å². The van der Waals surface area contributed by atoms with E-state index in [2.05, 4.69) is 0 Å². The fraction of sp³-hybridized carbons (Fsp3) is 0.800. The molecule has 0 rings (SSSR count). The molecule has 12 heavy (non-hydrogen) atoms. The summed E-state index contributed by atoms with van der Waals surface area (Å²) >= 11 is 0. The molecular weight excluding hydrogens is 208 g/mol. The van der Waals surface area contributed by atoms with Crippen LogP contribution in [0.1, 0.15) is 6.42 Å². The molecule has 0 spiro atoms. The second-order valence-corrected chi connectivity index (χ2v) is 4.95. The Morgan fingerprint density at radius 1 is 1.75 bits per heavy atom. The summed E-state index contributed by atoms with van der Waals surface area (Å²) in [6.07, 6.45) is -0.174. The Kier molecular flexibility index (Phi) is 8.74. The Hall–Kier alpha value is 1.26. The van der Waals surface area contributed by atoms with Gasteiger partial charge in [-0.3, -0.25) is 4.79 Å². The van der Waals surface area contributed by atoms with Crippen molar-refractivity contribution in [1.82, 2.24) is 0 Å². The topological polar surface area (TPSA) is 103 Å². The van der Waals surface area contributed by atoms with E-state index in [0.717, 1.165) is 6.66 Å². The minimum Gasteiger partial charge on any atom is -0.799 e. The SMILES string of the molecule is CP(=O)([O-])CC[C@H](N)C(=O)O.[K+]. The first-order chi connectivity index (χ1) is 4.83. The molecule has 5 nitrogen and oxygen atoms in total. The number of carboxylic acid groups (broad SMARTS) is 1. The van der Waals surface area contributed by atoms with Crippen LogP contribution in [0.25, 0.3) is 0 Å². The number of aliphatic carboxylic acids is 1. The first-order valence-corrected chi connectivity index (χ1v) is 5.34. The molecule has 0 bridgehead atoms. The van der Waals surface area contributed by atoms with Crippen LogP contribution >= 0.6 is 7.37 Å². The average molecular weight is 219 g/mol. The molecule has 0 heterocycles. The molecule has 3 N–H and O–H groups in total. The second-order valence-electron chi connectivity index (χ2n) is 2.47. The summed E-state index contributed by atoms with van der Waals surface area (Å²) < 4.78 is 10.5. The van der Waals surface area contributed by atoms with Crippen molar-refractivity contribution in [2.75, 3.05) is 12.8 Å². The van der Waals surface area contributed by atoms with Crippen LogP contribution < -0.4 is 62.0 Å². The number of nitrogens with two attached hydrogens (primary N) is 1. The Balaban J connectivity index is 0. The Morgan fingerprint density at radius 2 is 2.17 bits per heavy atom. The van der Waals surface area contributed by atoms with E-state index in [4.69, 9.17) is 10.8 Å². The third-order valence-electron chi connectivity index (χ3n) is 1.16. The monoisotopic (exact) mass is 219 g/mol. The maximum absolute atomic E-state index is 10.5. The van der Waals surface area contributed by atoms with Gasteiger partial charge in [0.2, 0.25) is 0 Å². The van der Waals surface area contributed by atoms with Gasteiger partial charge < -0.3 is 20.3 Å². The van der Waals surface area contributed by atoms with Gasteiger partial charge in [-0.05, 0) is 19.2 Å². The molecule has 7 heteroatoms. The van der Waals surface area contributed by atoms with E-state index in [1.807, 2.05) is 0 Å². The van der Waals surface area contributed by atoms with Crippen LogP contribution in [0.4, 0.5) is 0 Å². The van der Waals surface area contributed by atoms with Crippen LogP contribution in [0.5, 0.6) is 0 Å². The summed E-state index contributed by atoms with van der Waals surface area (Å²) in [5, 5.41) is 8.26. The van der Waals surface area contributed by atoms with Gasteiger partial charge in [0, 0.05) is 7.37 Å². The quantitative estimate of drug-likeness (QED) is 0.371. The summed E-state index contributed by atoms with van der Waals surface area (Å²) in [6.45, 7) is 1.07. The van der Waals surface area contributed by atoms with Gasteiger partial charge in [0.15, 0.2) is 0 Å². The van der Waals surface area contributed by atoms with E-state index in [1.165, 1.54) is 0 Å². The van der Waals surface area contributed by atoms with E-state index in [0.29, 0.717) is 0 Å². The molecular formula is C5H11KNO4P. The molecule has 66 valence electrons. The average Bonchev–Trinajstić information content (AvgIpc) is 1.80. The molecule has 0 aliphatic carbocycles. The Bertz CT molecular complexity index is 192. The van der Waals surface area contributed by atoms with Gasteiger partial charge in [-0.15, -0.1) is 0 Å². The predicted molar refractivity (Wildman–Crippen MR) is 38.6 cm³/mol. The number of carboxylic acids is 1. The predicted octanol–water partition coefficient (Wildman–Crippen LogP) is -3.94. The molecule has 0 saturated carbocycles. The fourth-order valence-corrected chi connectivity index (χ4v) is 1.24. The van der Waals surface area contributed by atoms with Crippen LogP contribution in [0, 0.1) is 0 Å². The van der Waals surface area contributed by atoms with Gasteiger partial charge >= 0.3 is 57.4 Å². The zero-order valence-electron chi connectivity index (χ0n) is 7.19. The summed E-state index contributed by atoms with van der Waals surface area (Å²) in [5.41, 5.74) is 5.06. The first-order valence-electron chi connectivity index (χ1n) is 3.09. The van der Waals surface area contributed by atoms with Crippen LogP contribution in [-0.4, -0.2) is 29.9 Å². The van der Waals surface area contributed by atoms with E-state index < -0.39 is 19.4 Å². The molecule has 0 amide bonds. The molecule has 2 atom stereocenters. The molecule has 0 aromatic heterocycles. The third-order valence-corrected chi connectivity index (χ3v) is 2.23. The second kappa shape index (κ2) is 6.67. The van der Waals surface area contributed by atoms with Crippen molar-refractivity contribution in [1.29, 1.82) is 0 Å². The molecule has 0 aliphatic heterocycles. The van der Waals surface area contributed by atoms with Gasteiger partial charge in [-0.1, -0.05) is 0 Å². The number of hydrogen-bond acceptors (Lipinski definition) is 4. The molecule has 0 aromatic rings. The van der Waals surface area contributed by atoms with E-state index in [-0.39, 0.29) is 64.0 Å². The summed E-state index contributed by atoms with van der Waals surface area (Å²) in [7, 11) is -3.35. The van der Waals surface area contributed by atoms with Crippen LogP contribution in [0.15, 0.2) is 0 Å². The van der Waals surface area contributed by atoms with Crippen molar-refractivity contribution < 1.29 is 70.7 Å². The van der Waals surface area contributed by atoms with Crippen molar-refractivity contribution in [3.05, 3.63) is 0 Å². The van der Waals surface area contributed by atoms with Gasteiger partial charge in [-0.25, -0.2) is 0 Å². The van der Waals surface area contributed by atoms with Crippen LogP contribution in [0.2, 0.25) is 0 Å². The summed E-state index contributed by atoms with van der Waals surface area (Å²) in [6, 6.07) is -1.07. The van der Waals surface area contributed by atoms with Crippen molar-refractivity contribution >= 4 is 13.3 Å². The molecule has 0 fully saturated rings. The van der Waals surface area contributed by atoms with Crippen molar-refractivity contribution in [2.45, 2.75) is 12.5 Å². The zero-order valence-corrected chi connectivity index (χ0v) is 11.2. The maximum atomic E-state index is 10.5. The summed E-state index contributed by atoms with van der Waals surface area (Å²) in [5.74, 6) is -1.17. The van der Waals surface area contributed by atoms with Gasteiger partial charge in [0.1, 0.15) is 6.04 Å². The number of carbonyl (C=O) groups is 1. The largest absolute Gasteiger partial charge is 1.00 e. The first kappa shape index (κ1) is 15.7. The number of hydrogen-bond donors (Lipinski definition) is 2. The smallest absolute Gasteiger partial charge is 0.799 e. The third kappa shape index (κ3) is 9.35. The normalized spacial score (nSPS) is 17.2. The van der Waals surface area contributed by atoms with E-state index in [9.17, 15) is 14.3 Å². The Morgan fingerprint density at radius 3 is 2.42 bits per heavy atom. The molecule has 0 aromatic carbocycles. The Labute approximate surface area is 114 Å². The molecule has 1 unspecified atom stereocenters. The van der Waals surface area contributed by atoms with Crippen LogP contribution in [0.3, 0.4) is 0 Å². The minimum absolute atomic E-state index is 0. The van der Waals surface area contributed by atoms with Crippen molar-refractivity contribution in [2.24, 2.45) is 5.73 Å². The van der Waals surface area contributed by atoms with Crippen molar-refractivity contribution in [3.8, 4) is 0 Å².